The maximum atomic E-state index is 14.0. The predicted octanol–water partition coefficient (Wildman–Crippen LogP) is 3.57. The van der Waals surface area contributed by atoms with Crippen molar-refractivity contribution in [2.45, 2.75) is 25.0 Å². The molecule has 2 amide bonds. The van der Waals surface area contributed by atoms with Gasteiger partial charge in [-0.05, 0) is 47.0 Å². The fourth-order valence-corrected chi connectivity index (χ4v) is 5.98. The SMILES string of the molecule is COC(=O)c1ccc(C2c3[nH]c4ccccc4c3CC3C(=O)N(Cc4ccc5c(c4)OCO5)CC(=O)N32)cc1. The lowest BCUT2D eigenvalue weighted by Gasteiger charge is -2.47. The van der Waals surface area contributed by atoms with Gasteiger partial charge in [0, 0.05) is 29.6 Å². The fourth-order valence-electron chi connectivity index (χ4n) is 5.98. The highest BCUT2D eigenvalue weighted by Gasteiger charge is 2.48. The number of hydrogen-bond acceptors (Lipinski definition) is 6. The van der Waals surface area contributed by atoms with Gasteiger partial charge in [0.15, 0.2) is 11.5 Å². The zero-order valence-corrected chi connectivity index (χ0v) is 21.2. The Kier molecular flexibility index (Phi) is 5.33. The molecule has 4 aromatic rings. The Morgan fingerprint density at radius 3 is 2.64 bits per heavy atom. The molecule has 39 heavy (non-hydrogen) atoms. The number of hydrogen-bond donors (Lipinski definition) is 1. The van der Waals surface area contributed by atoms with Crippen molar-refractivity contribution in [2.75, 3.05) is 20.4 Å². The molecule has 3 aromatic carbocycles. The topological polar surface area (TPSA) is 101 Å². The summed E-state index contributed by atoms with van der Waals surface area (Å²) < 4.78 is 15.7. The molecule has 1 N–H and O–H groups in total. The number of rotatable bonds is 4. The molecule has 1 aromatic heterocycles. The van der Waals surface area contributed by atoms with E-state index >= 15 is 0 Å². The van der Waals surface area contributed by atoms with Crippen LogP contribution in [0.5, 0.6) is 11.5 Å². The number of fused-ring (bicyclic) bond motifs is 5. The van der Waals surface area contributed by atoms with Crippen LogP contribution in [-0.4, -0.2) is 59.1 Å². The number of nitrogens with zero attached hydrogens (tertiary/aromatic N) is 2. The maximum Gasteiger partial charge on any atom is 0.337 e. The Morgan fingerprint density at radius 1 is 1.03 bits per heavy atom. The van der Waals surface area contributed by atoms with Crippen LogP contribution in [0.25, 0.3) is 10.9 Å². The van der Waals surface area contributed by atoms with Crippen LogP contribution >= 0.6 is 0 Å². The van der Waals surface area contributed by atoms with Crippen LogP contribution in [0.3, 0.4) is 0 Å². The molecule has 9 nitrogen and oxygen atoms in total. The molecule has 196 valence electrons. The van der Waals surface area contributed by atoms with Gasteiger partial charge in [-0.2, -0.15) is 0 Å². The molecule has 0 radical (unpaired) electrons. The van der Waals surface area contributed by atoms with Gasteiger partial charge in [0.2, 0.25) is 18.6 Å². The smallest absolute Gasteiger partial charge is 0.337 e. The third kappa shape index (κ3) is 3.72. The highest BCUT2D eigenvalue weighted by molar-refractivity contribution is 5.97. The summed E-state index contributed by atoms with van der Waals surface area (Å²) >= 11 is 0. The zero-order chi connectivity index (χ0) is 26.7. The van der Waals surface area contributed by atoms with Gasteiger partial charge in [-0.25, -0.2) is 4.79 Å². The normalized spacial score (nSPS) is 19.7. The molecule has 0 spiro atoms. The number of nitrogens with one attached hydrogen (secondary N) is 1. The van der Waals surface area contributed by atoms with Crippen molar-refractivity contribution in [1.82, 2.24) is 14.8 Å². The quantitative estimate of drug-likeness (QED) is 0.411. The number of ether oxygens (including phenoxy) is 3. The van der Waals surface area contributed by atoms with Gasteiger partial charge in [-0.3, -0.25) is 9.59 Å². The Hall–Kier alpha value is -4.79. The van der Waals surface area contributed by atoms with Crippen molar-refractivity contribution in [1.29, 1.82) is 0 Å². The summed E-state index contributed by atoms with van der Waals surface area (Å²) in [4.78, 5) is 46.7. The second-order valence-corrected chi connectivity index (χ2v) is 9.98. The van der Waals surface area contributed by atoms with Crippen LogP contribution in [0.2, 0.25) is 0 Å². The zero-order valence-electron chi connectivity index (χ0n) is 21.2. The summed E-state index contributed by atoms with van der Waals surface area (Å²) in [5.74, 6) is 0.650. The predicted molar refractivity (Wildman–Crippen MR) is 140 cm³/mol. The van der Waals surface area contributed by atoms with E-state index in [0.29, 0.717) is 30.0 Å². The number of benzene rings is 3. The number of H-pyrrole nitrogens is 1. The third-order valence-corrected chi connectivity index (χ3v) is 7.80. The van der Waals surface area contributed by atoms with Gasteiger partial charge in [0.05, 0.1) is 18.7 Å². The van der Waals surface area contributed by atoms with E-state index in [2.05, 4.69) is 4.98 Å². The minimum Gasteiger partial charge on any atom is -0.465 e. The number of aromatic amines is 1. The van der Waals surface area contributed by atoms with Gasteiger partial charge < -0.3 is 29.0 Å². The van der Waals surface area contributed by atoms with E-state index in [1.54, 1.807) is 21.9 Å². The maximum absolute atomic E-state index is 14.0. The van der Waals surface area contributed by atoms with Crippen molar-refractivity contribution >= 4 is 28.7 Å². The average molecular weight is 524 g/mol. The molecular formula is C30H25N3O6. The van der Waals surface area contributed by atoms with Crippen molar-refractivity contribution < 1.29 is 28.6 Å². The summed E-state index contributed by atoms with van der Waals surface area (Å²) in [6.45, 7) is 0.437. The van der Waals surface area contributed by atoms with E-state index < -0.39 is 18.1 Å². The van der Waals surface area contributed by atoms with E-state index in [9.17, 15) is 14.4 Å². The number of carbonyl (C=O) groups is 3. The summed E-state index contributed by atoms with van der Waals surface area (Å²) in [6.07, 6.45) is 0.415. The highest BCUT2D eigenvalue weighted by atomic mass is 16.7. The lowest BCUT2D eigenvalue weighted by molar-refractivity contribution is -0.159. The first kappa shape index (κ1) is 23.3. The van der Waals surface area contributed by atoms with E-state index in [4.69, 9.17) is 14.2 Å². The van der Waals surface area contributed by atoms with Gasteiger partial charge in [0.25, 0.3) is 0 Å². The van der Waals surface area contributed by atoms with Crippen molar-refractivity contribution in [3.05, 3.63) is 94.7 Å². The Bertz CT molecular complexity index is 1640. The van der Waals surface area contributed by atoms with Crippen LogP contribution in [0.15, 0.2) is 66.7 Å². The molecule has 0 bridgehead atoms. The number of esters is 1. The molecule has 3 aliphatic rings. The molecule has 4 heterocycles. The monoisotopic (exact) mass is 523 g/mol. The minimum absolute atomic E-state index is 0.0317. The molecule has 2 unspecified atom stereocenters. The van der Waals surface area contributed by atoms with Crippen molar-refractivity contribution in [3.8, 4) is 11.5 Å². The number of para-hydroxylation sites is 1. The Balaban J connectivity index is 1.28. The summed E-state index contributed by atoms with van der Waals surface area (Å²) in [5.41, 5.74) is 4.97. The van der Waals surface area contributed by atoms with Gasteiger partial charge in [-0.1, -0.05) is 36.4 Å². The molecule has 0 aliphatic carbocycles. The number of methoxy groups -OCH3 is 1. The second kappa shape index (κ2) is 8.90. The third-order valence-electron chi connectivity index (χ3n) is 7.80. The molecular weight excluding hydrogens is 498 g/mol. The summed E-state index contributed by atoms with van der Waals surface area (Å²) in [5, 5.41) is 1.04. The molecule has 1 fully saturated rings. The minimum atomic E-state index is -0.655. The first-order valence-electron chi connectivity index (χ1n) is 12.8. The standard InChI is InChI=1S/C30H25N3O6/c1-37-30(36)19-9-7-18(8-10-19)28-27-21(20-4-2-3-5-22(20)31-27)13-23-29(35)32(15-26(34)33(23)28)14-17-6-11-24-25(12-17)39-16-38-24/h2-12,23,28,31H,13-16H2,1H3. The van der Waals surface area contributed by atoms with Crippen LogP contribution in [0.1, 0.15) is 38.8 Å². The number of carbonyl (C=O) groups excluding carboxylic acids is 3. The van der Waals surface area contributed by atoms with E-state index in [1.807, 2.05) is 54.6 Å². The van der Waals surface area contributed by atoms with E-state index in [-0.39, 0.29) is 25.2 Å². The Labute approximate surface area is 223 Å². The first-order valence-corrected chi connectivity index (χ1v) is 12.8. The highest BCUT2D eigenvalue weighted by Crippen LogP contribution is 2.43. The average Bonchev–Trinajstić information content (AvgIpc) is 3.58. The van der Waals surface area contributed by atoms with Crippen LogP contribution in [0.4, 0.5) is 0 Å². The van der Waals surface area contributed by atoms with Gasteiger partial charge >= 0.3 is 5.97 Å². The van der Waals surface area contributed by atoms with Crippen molar-refractivity contribution in [3.63, 3.8) is 0 Å². The van der Waals surface area contributed by atoms with Crippen LogP contribution < -0.4 is 9.47 Å². The molecule has 1 saturated heterocycles. The molecule has 3 aliphatic heterocycles. The molecule has 2 atom stereocenters. The summed E-state index contributed by atoms with van der Waals surface area (Å²) in [6, 6.07) is 19.4. The lowest BCUT2D eigenvalue weighted by atomic mass is 9.86. The number of amides is 2. The number of aromatic nitrogens is 1. The van der Waals surface area contributed by atoms with Crippen LogP contribution in [-0.2, 0) is 27.3 Å². The lowest BCUT2D eigenvalue weighted by Crippen LogP contribution is -2.62. The van der Waals surface area contributed by atoms with Gasteiger partial charge in [0.1, 0.15) is 12.6 Å². The van der Waals surface area contributed by atoms with Crippen molar-refractivity contribution in [2.24, 2.45) is 0 Å². The summed E-state index contributed by atoms with van der Waals surface area (Å²) in [7, 11) is 1.34. The van der Waals surface area contributed by atoms with Gasteiger partial charge in [-0.15, -0.1) is 0 Å². The number of piperazine rings is 1. The molecule has 7 rings (SSSR count). The largest absolute Gasteiger partial charge is 0.465 e. The van der Waals surface area contributed by atoms with E-state index in [1.165, 1.54) is 7.11 Å². The second-order valence-electron chi connectivity index (χ2n) is 9.98. The first-order chi connectivity index (χ1) is 19.0. The molecule has 0 saturated carbocycles. The van der Waals surface area contributed by atoms with E-state index in [0.717, 1.165) is 33.3 Å². The fraction of sp³-hybridized carbons (Fsp3) is 0.233. The molecule has 9 heteroatoms. The van der Waals surface area contributed by atoms with Crippen LogP contribution in [0, 0.1) is 0 Å². The Morgan fingerprint density at radius 2 is 1.82 bits per heavy atom.